The van der Waals surface area contributed by atoms with Gasteiger partial charge in [-0.25, -0.2) is 0 Å². The number of amides is 1. The van der Waals surface area contributed by atoms with Crippen molar-refractivity contribution >= 4 is 22.6 Å². The van der Waals surface area contributed by atoms with E-state index in [1.807, 2.05) is 49.4 Å². The van der Waals surface area contributed by atoms with Crippen LogP contribution in [0.1, 0.15) is 34.8 Å². The van der Waals surface area contributed by atoms with E-state index in [9.17, 15) is 14.7 Å². The van der Waals surface area contributed by atoms with Crippen molar-refractivity contribution in [1.82, 2.24) is 0 Å². The summed E-state index contributed by atoms with van der Waals surface area (Å²) in [5.74, 6) is -0.874. The smallest absolute Gasteiger partial charge is 0.307 e. The molecular weight excluding hydrogens is 342 g/mol. The number of benzene rings is 3. The van der Waals surface area contributed by atoms with Gasteiger partial charge in [-0.05, 0) is 34.9 Å². The van der Waals surface area contributed by atoms with Crippen LogP contribution >= 0.6 is 0 Å². The summed E-state index contributed by atoms with van der Waals surface area (Å²) in [6, 6.07) is 16.4. The second-order valence-corrected chi connectivity index (χ2v) is 6.31. The first-order chi connectivity index (χ1) is 13.0. The third-order valence-corrected chi connectivity index (χ3v) is 4.42. The van der Waals surface area contributed by atoms with E-state index in [1.54, 1.807) is 12.1 Å². The lowest BCUT2D eigenvalue weighted by molar-refractivity contribution is -0.136. The molecule has 0 unspecified atom stereocenters. The number of rotatable bonds is 7. The Morgan fingerprint density at radius 3 is 2.11 bits per heavy atom. The van der Waals surface area contributed by atoms with E-state index in [0.29, 0.717) is 17.7 Å². The first kappa shape index (κ1) is 18.5. The Kier molecular flexibility index (Phi) is 5.41. The number of carboxylic acid groups (broad SMARTS) is 1. The van der Waals surface area contributed by atoms with Crippen molar-refractivity contribution in [2.24, 2.45) is 5.73 Å². The molecule has 1 amide bonds. The van der Waals surface area contributed by atoms with Gasteiger partial charge in [0.15, 0.2) is 0 Å². The molecule has 0 aromatic heterocycles. The lowest BCUT2D eigenvalue weighted by Crippen LogP contribution is -2.18. The summed E-state index contributed by atoms with van der Waals surface area (Å²) in [6.07, 6.45) is 1.18. The number of carbonyl (C=O) groups is 2. The van der Waals surface area contributed by atoms with Gasteiger partial charge in [0.05, 0.1) is 12.0 Å². The van der Waals surface area contributed by atoms with Crippen molar-refractivity contribution in [3.8, 4) is 11.5 Å². The van der Waals surface area contributed by atoms with Gasteiger partial charge in [0, 0.05) is 5.56 Å². The molecule has 0 aliphatic carbocycles. The van der Waals surface area contributed by atoms with E-state index in [2.05, 4.69) is 0 Å². The number of para-hydroxylation sites is 1. The van der Waals surface area contributed by atoms with Crippen LogP contribution in [-0.2, 0) is 17.6 Å². The second-order valence-electron chi connectivity index (χ2n) is 6.31. The lowest BCUT2D eigenvalue weighted by atomic mass is 9.89. The largest absolute Gasteiger partial charge is 0.481 e. The number of carboxylic acids is 1. The van der Waals surface area contributed by atoms with Gasteiger partial charge in [-0.15, -0.1) is 0 Å². The van der Waals surface area contributed by atoms with E-state index in [0.717, 1.165) is 22.8 Å². The van der Waals surface area contributed by atoms with Crippen molar-refractivity contribution in [3.63, 3.8) is 0 Å². The maximum Gasteiger partial charge on any atom is 0.307 e. The number of aliphatic carboxylic acids is 1. The summed E-state index contributed by atoms with van der Waals surface area (Å²) in [5, 5.41) is 11.0. The Morgan fingerprint density at radius 2 is 1.56 bits per heavy atom. The maximum atomic E-state index is 12.4. The summed E-state index contributed by atoms with van der Waals surface area (Å²) >= 11 is 0. The van der Waals surface area contributed by atoms with Crippen molar-refractivity contribution in [2.75, 3.05) is 0 Å². The molecule has 138 valence electrons. The highest BCUT2D eigenvalue weighted by Crippen LogP contribution is 2.39. The van der Waals surface area contributed by atoms with Gasteiger partial charge >= 0.3 is 5.97 Å². The average molecular weight is 363 g/mol. The quantitative estimate of drug-likeness (QED) is 0.654. The van der Waals surface area contributed by atoms with Crippen LogP contribution in [0.4, 0.5) is 0 Å². The van der Waals surface area contributed by atoms with Crippen molar-refractivity contribution < 1.29 is 19.4 Å². The Bertz CT molecular complexity index is 996. The molecule has 5 heteroatoms. The topological polar surface area (TPSA) is 89.6 Å². The standard InChI is InChI=1S/C22H21NO4/c1-2-8-17-15-11-6-7-12-16(15)18(13-19(24)25)21(20(17)22(23)26)27-14-9-4-3-5-10-14/h3-7,9-12H,2,8,13H2,1H3,(H2,23,26)(H,24,25). The van der Waals surface area contributed by atoms with Gasteiger partial charge < -0.3 is 15.6 Å². The number of carbonyl (C=O) groups excluding carboxylic acids is 1. The number of nitrogens with two attached hydrogens (primary N) is 1. The lowest BCUT2D eigenvalue weighted by Gasteiger charge is -2.20. The van der Waals surface area contributed by atoms with Gasteiger partial charge in [-0.3, -0.25) is 9.59 Å². The predicted molar refractivity (Wildman–Crippen MR) is 104 cm³/mol. The van der Waals surface area contributed by atoms with Crippen LogP contribution in [0.2, 0.25) is 0 Å². The molecular formula is C22H21NO4. The molecule has 0 aliphatic heterocycles. The first-order valence-electron chi connectivity index (χ1n) is 8.83. The van der Waals surface area contributed by atoms with Crippen molar-refractivity contribution in [2.45, 2.75) is 26.2 Å². The molecule has 3 aromatic rings. The Morgan fingerprint density at radius 1 is 0.963 bits per heavy atom. The zero-order valence-electron chi connectivity index (χ0n) is 15.1. The number of hydrogen-bond acceptors (Lipinski definition) is 3. The normalized spacial score (nSPS) is 10.7. The molecule has 3 aromatic carbocycles. The van der Waals surface area contributed by atoms with Gasteiger partial charge in [-0.2, -0.15) is 0 Å². The third kappa shape index (κ3) is 3.77. The van der Waals surface area contributed by atoms with E-state index >= 15 is 0 Å². The Balaban J connectivity index is 2.38. The molecule has 27 heavy (non-hydrogen) atoms. The zero-order valence-corrected chi connectivity index (χ0v) is 15.1. The molecule has 3 rings (SSSR count). The van der Waals surface area contributed by atoms with Gasteiger partial charge in [-0.1, -0.05) is 55.8 Å². The molecule has 5 nitrogen and oxygen atoms in total. The average Bonchev–Trinajstić information content (AvgIpc) is 2.65. The molecule has 0 fully saturated rings. The zero-order chi connectivity index (χ0) is 19.4. The van der Waals surface area contributed by atoms with Gasteiger partial charge in [0.2, 0.25) is 0 Å². The van der Waals surface area contributed by atoms with E-state index < -0.39 is 11.9 Å². The molecule has 3 N–H and O–H groups in total. The highest BCUT2D eigenvalue weighted by Gasteiger charge is 2.25. The first-order valence-corrected chi connectivity index (χ1v) is 8.83. The highest BCUT2D eigenvalue weighted by molar-refractivity contribution is 6.06. The molecule has 0 bridgehead atoms. The number of hydrogen-bond donors (Lipinski definition) is 2. The van der Waals surface area contributed by atoms with E-state index in [4.69, 9.17) is 10.5 Å². The molecule has 0 heterocycles. The van der Waals surface area contributed by atoms with Gasteiger partial charge in [0.25, 0.3) is 5.91 Å². The van der Waals surface area contributed by atoms with Crippen LogP contribution in [-0.4, -0.2) is 17.0 Å². The number of aryl methyl sites for hydroxylation is 1. The van der Waals surface area contributed by atoms with Crippen LogP contribution in [0.5, 0.6) is 11.5 Å². The predicted octanol–water partition coefficient (Wildman–Crippen LogP) is 4.31. The number of primary amides is 1. The van der Waals surface area contributed by atoms with Crippen LogP contribution < -0.4 is 10.5 Å². The molecule has 0 radical (unpaired) electrons. The molecule has 0 saturated heterocycles. The summed E-state index contributed by atoms with van der Waals surface area (Å²) in [6.45, 7) is 2.02. The number of ether oxygens (including phenoxy) is 1. The number of fused-ring (bicyclic) bond motifs is 1. The van der Waals surface area contributed by atoms with Crippen molar-refractivity contribution in [1.29, 1.82) is 0 Å². The third-order valence-electron chi connectivity index (χ3n) is 4.42. The minimum absolute atomic E-state index is 0.234. The summed E-state index contributed by atoms with van der Waals surface area (Å²) in [7, 11) is 0. The minimum Gasteiger partial charge on any atom is -0.481 e. The SMILES string of the molecule is CCCc1c(C(N)=O)c(Oc2ccccc2)c(CC(=O)O)c2ccccc12. The monoisotopic (exact) mass is 363 g/mol. The van der Waals surface area contributed by atoms with Crippen LogP contribution in [0.25, 0.3) is 10.8 Å². The molecule has 0 atom stereocenters. The van der Waals surface area contributed by atoms with Crippen LogP contribution in [0.3, 0.4) is 0 Å². The molecule has 0 aliphatic rings. The molecule has 0 spiro atoms. The Hall–Kier alpha value is -3.34. The van der Waals surface area contributed by atoms with E-state index in [1.165, 1.54) is 0 Å². The van der Waals surface area contributed by atoms with Crippen molar-refractivity contribution in [3.05, 3.63) is 71.3 Å². The molecule has 0 saturated carbocycles. The summed E-state index contributed by atoms with van der Waals surface area (Å²) in [5.41, 5.74) is 7.23. The Labute approximate surface area is 157 Å². The summed E-state index contributed by atoms with van der Waals surface area (Å²) < 4.78 is 6.03. The maximum absolute atomic E-state index is 12.4. The second kappa shape index (κ2) is 7.91. The highest BCUT2D eigenvalue weighted by atomic mass is 16.5. The van der Waals surface area contributed by atoms with Crippen LogP contribution in [0.15, 0.2) is 54.6 Å². The fourth-order valence-corrected chi connectivity index (χ4v) is 3.37. The fraction of sp³-hybridized carbons (Fsp3) is 0.182. The summed E-state index contributed by atoms with van der Waals surface area (Å²) in [4.78, 5) is 23.9. The van der Waals surface area contributed by atoms with E-state index in [-0.39, 0.29) is 17.7 Å². The van der Waals surface area contributed by atoms with Crippen LogP contribution in [0, 0.1) is 0 Å². The fourth-order valence-electron chi connectivity index (χ4n) is 3.37. The minimum atomic E-state index is -1.00. The van der Waals surface area contributed by atoms with Gasteiger partial charge in [0.1, 0.15) is 11.5 Å².